The number of alkyl carbamates (subject to hydrolysis) is 1. The molecule has 2 atom stereocenters. The maximum Gasteiger partial charge on any atom is 0.408 e. The molecule has 0 radical (unpaired) electrons. The van der Waals surface area contributed by atoms with E-state index in [1.165, 1.54) is 6.92 Å². The molecule has 0 saturated carbocycles. The summed E-state index contributed by atoms with van der Waals surface area (Å²) >= 11 is 0. The van der Waals surface area contributed by atoms with E-state index in [4.69, 9.17) is 9.47 Å². The molecule has 0 heterocycles. The molecule has 2 N–H and O–H groups in total. The minimum absolute atomic E-state index is 0.159. The molecule has 0 aliphatic heterocycles. The van der Waals surface area contributed by atoms with E-state index in [0.29, 0.717) is 12.8 Å². The summed E-state index contributed by atoms with van der Waals surface area (Å²) < 4.78 is 10.5. The van der Waals surface area contributed by atoms with Gasteiger partial charge in [0, 0.05) is 13.3 Å². The van der Waals surface area contributed by atoms with E-state index >= 15 is 0 Å². The lowest BCUT2D eigenvalue weighted by atomic mass is 10.0. The van der Waals surface area contributed by atoms with Crippen LogP contribution in [0.3, 0.4) is 0 Å². The van der Waals surface area contributed by atoms with Crippen LogP contribution < -0.4 is 10.6 Å². The van der Waals surface area contributed by atoms with Gasteiger partial charge in [-0.25, -0.2) is 4.79 Å². The number of carbonyl (C=O) groups excluding carboxylic acids is 3. The zero-order valence-electron chi connectivity index (χ0n) is 17.6. The first kappa shape index (κ1) is 23.5. The lowest BCUT2D eigenvalue weighted by molar-refractivity contribution is -0.149. The molecule has 2 amide bonds. The molecule has 0 saturated heterocycles. The Kier molecular flexibility index (Phi) is 8.96. The summed E-state index contributed by atoms with van der Waals surface area (Å²) in [5, 5.41) is 5.33. The third kappa shape index (κ3) is 9.94. The number of amides is 2. The van der Waals surface area contributed by atoms with Gasteiger partial charge in [-0.2, -0.15) is 0 Å². The van der Waals surface area contributed by atoms with Gasteiger partial charge in [-0.1, -0.05) is 44.2 Å². The van der Waals surface area contributed by atoms with E-state index in [0.717, 1.165) is 5.56 Å². The van der Waals surface area contributed by atoms with Crippen molar-refractivity contribution in [3.8, 4) is 0 Å². The monoisotopic (exact) mass is 392 g/mol. The molecule has 0 aliphatic carbocycles. The molecular weight excluding hydrogens is 360 g/mol. The Hall–Kier alpha value is -2.57. The Labute approximate surface area is 167 Å². The lowest BCUT2D eigenvalue weighted by Crippen LogP contribution is -2.52. The Bertz CT molecular complexity index is 653. The van der Waals surface area contributed by atoms with Crippen LogP contribution in [-0.4, -0.2) is 35.8 Å². The van der Waals surface area contributed by atoms with Gasteiger partial charge in [0.1, 0.15) is 11.6 Å². The van der Waals surface area contributed by atoms with Crippen LogP contribution in [0.1, 0.15) is 53.5 Å². The lowest BCUT2D eigenvalue weighted by Gasteiger charge is -2.26. The average molecular weight is 392 g/mol. The SMILES string of the molecule is CC(=O)O[C@H](Cc1ccccc1)NC(=O)[C@H](CC(C)C)NC(=O)OC(C)(C)C. The van der Waals surface area contributed by atoms with Crippen molar-refractivity contribution in [2.75, 3.05) is 0 Å². The predicted molar refractivity (Wildman–Crippen MR) is 106 cm³/mol. The number of esters is 1. The highest BCUT2D eigenvalue weighted by atomic mass is 16.6. The van der Waals surface area contributed by atoms with Crippen molar-refractivity contribution in [2.24, 2.45) is 5.92 Å². The smallest absolute Gasteiger partial charge is 0.408 e. The number of hydrogen-bond acceptors (Lipinski definition) is 5. The summed E-state index contributed by atoms with van der Waals surface area (Å²) in [6.07, 6.45) is -0.751. The Balaban J connectivity index is 2.85. The van der Waals surface area contributed by atoms with Crippen LogP contribution >= 0.6 is 0 Å². The zero-order valence-corrected chi connectivity index (χ0v) is 17.6. The maximum absolute atomic E-state index is 12.8. The summed E-state index contributed by atoms with van der Waals surface area (Å²) in [5.74, 6) is -0.768. The Morgan fingerprint density at radius 1 is 1.04 bits per heavy atom. The number of rotatable bonds is 8. The van der Waals surface area contributed by atoms with E-state index in [9.17, 15) is 14.4 Å². The first-order valence-electron chi connectivity index (χ1n) is 9.47. The van der Waals surface area contributed by atoms with Crippen LogP contribution in [0.25, 0.3) is 0 Å². The van der Waals surface area contributed by atoms with E-state index in [2.05, 4.69) is 10.6 Å². The molecule has 1 aromatic carbocycles. The molecule has 0 aliphatic rings. The van der Waals surface area contributed by atoms with Gasteiger partial charge < -0.3 is 20.1 Å². The summed E-state index contributed by atoms with van der Waals surface area (Å²) in [4.78, 5) is 36.3. The summed E-state index contributed by atoms with van der Waals surface area (Å²) in [6, 6.07) is 8.58. The van der Waals surface area contributed by atoms with Gasteiger partial charge in [-0.15, -0.1) is 0 Å². The van der Waals surface area contributed by atoms with Gasteiger partial charge >= 0.3 is 12.1 Å². The molecule has 28 heavy (non-hydrogen) atoms. The van der Waals surface area contributed by atoms with E-state index < -0.39 is 35.8 Å². The van der Waals surface area contributed by atoms with Gasteiger partial charge in [0.05, 0.1) is 0 Å². The zero-order chi connectivity index (χ0) is 21.3. The fraction of sp³-hybridized carbons (Fsp3) is 0.571. The van der Waals surface area contributed by atoms with Crippen LogP contribution in [0, 0.1) is 5.92 Å². The summed E-state index contributed by atoms with van der Waals surface area (Å²) in [5.41, 5.74) is 0.242. The molecular formula is C21H32N2O5. The van der Waals surface area contributed by atoms with Gasteiger partial charge in [0.2, 0.25) is 5.91 Å². The molecule has 0 fully saturated rings. The van der Waals surface area contributed by atoms with Crippen molar-refractivity contribution in [2.45, 2.75) is 72.3 Å². The molecule has 0 unspecified atom stereocenters. The maximum atomic E-state index is 12.8. The Morgan fingerprint density at radius 2 is 1.64 bits per heavy atom. The number of ether oxygens (including phenoxy) is 2. The summed E-state index contributed by atoms with van der Waals surface area (Å²) in [7, 11) is 0. The molecule has 0 spiro atoms. The largest absolute Gasteiger partial charge is 0.444 e. The molecule has 1 rings (SSSR count). The van der Waals surface area contributed by atoms with Crippen LogP contribution in [0.15, 0.2) is 30.3 Å². The third-order valence-corrected chi connectivity index (χ3v) is 3.59. The second-order valence-corrected chi connectivity index (χ2v) is 8.12. The van der Waals surface area contributed by atoms with Crippen molar-refractivity contribution in [1.82, 2.24) is 10.6 Å². The van der Waals surface area contributed by atoms with E-state index in [1.54, 1.807) is 20.8 Å². The van der Waals surface area contributed by atoms with Crippen molar-refractivity contribution in [3.05, 3.63) is 35.9 Å². The topological polar surface area (TPSA) is 93.7 Å². The fourth-order valence-electron chi connectivity index (χ4n) is 2.56. The minimum Gasteiger partial charge on any atom is -0.444 e. The third-order valence-electron chi connectivity index (χ3n) is 3.59. The molecule has 156 valence electrons. The normalized spacial score (nSPS) is 13.4. The molecule has 0 aromatic heterocycles. The van der Waals surface area contributed by atoms with E-state index in [1.807, 2.05) is 44.2 Å². The van der Waals surface area contributed by atoms with Crippen LogP contribution in [-0.2, 0) is 25.5 Å². The van der Waals surface area contributed by atoms with Crippen molar-refractivity contribution >= 4 is 18.0 Å². The van der Waals surface area contributed by atoms with Crippen LogP contribution in [0.5, 0.6) is 0 Å². The van der Waals surface area contributed by atoms with Crippen molar-refractivity contribution in [3.63, 3.8) is 0 Å². The van der Waals surface area contributed by atoms with E-state index in [-0.39, 0.29) is 5.92 Å². The van der Waals surface area contributed by atoms with Gasteiger partial charge in [0.15, 0.2) is 6.23 Å². The number of hydrogen-bond donors (Lipinski definition) is 2. The van der Waals surface area contributed by atoms with Crippen molar-refractivity contribution in [1.29, 1.82) is 0 Å². The molecule has 7 heteroatoms. The molecule has 0 bridgehead atoms. The fourth-order valence-corrected chi connectivity index (χ4v) is 2.56. The average Bonchev–Trinajstić information content (AvgIpc) is 2.52. The predicted octanol–water partition coefficient (Wildman–Crippen LogP) is 3.17. The highest BCUT2D eigenvalue weighted by Crippen LogP contribution is 2.11. The highest BCUT2D eigenvalue weighted by Gasteiger charge is 2.27. The van der Waals surface area contributed by atoms with Crippen LogP contribution in [0.4, 0.5) is 4.79 Å². The second kappa shape index (κ2) is 10.7. The summed E-state index contributed by atoms with van der Waals surface area (Å²) in [6.45, 7) is 10.4. The molecule has 1 aromatic rings. The number of benzene rings is 1. The number of nitrogens with one attached hydrogen (secondary N) is 2. The quantitative estimate of drug-likeness (QED) is 0.523. The Morgan fingerprint density at radius 3 is 2.14 bits per heavy atom. The highest BCUT2D eigenvalue weighted by molar-refractivity contribution is 5.86. The first-order chi connectivity index (χ1) is 13.0. The number of carbonyl (C=O) groups is 3. The minimum atomic E-state index is -0.831. The first-order valence-corrected chi connectivity index (χ1v) is 9.47. The van der Waals surface area contributed by atoms with Gasteiger partial charge in [-0.3, -0.25) is 9.59 Å². The molecule has 7 nitrogen and oxygen atoms in total. The standard InChI is InChI=1S/C21H32N2O5/c1-14(2)12-17(22-20(26)28-21(4,5)6)19(25)23-18(27-15(3)24)13-16-10-8-7-9-11-16/h7-11,14,17-18H,12-13H2,1-6H3,(H,22,26)(H,23,25)/t17-,18+/m0/s1. The van der Waals surface area contributed by atoms with Crippen molar-refractivity contribution < 1.29 is 23.9 Å². The second-order valence-electron chi connectivity index (χ2n) is 8.12. The van der Waals surface area contributed by atoms with Gasteiger partial charge in [-0.05, 0) is 38.7 Å². The van der Waals surface area contributed by atoms with Gasteiger partial charge in [0.25, 0.3) is 0 Å². The van der Waals surface area contributed by atoms with Crippen LogP contribution in [0.2, 0.25) is 0 Å².